The van der Waals surface area contributed by atoms with E-state index >= 15 is 0 Å². The Hall–Kier alpha value is -1.21. The number of hydrogen-bond donors (Lipinski definition) is 0. The Morgan fingerprint density at radius 3 is 2.78 bits per heavy atom. The molecule has 0 bridgehead atoms. The second-order valence-corrected chi connectivity index (χ2v) is 7.79. The third kappa shape index (κ3) is 1.69. The number of carboxylic acids is 1. The average molecular weight is 284 g/mol. The molecular formula is C11H10NO4S2-. The van der Waals surface area contributed by atoms with Crippen LogP contribution in [0, 0.1) is 0 Å². The van der Waals surface area contributed by atoms with Gasteiger partial charge in [-0.15, -0.1) is 11.3 Å². The van der Waals surface area contributed by atoms with Crippen molar-refractivity contribution in [3.8, 4) is 0 Å². The fourth-order valence-corrected chi connectivity index (χ4v) is 4.98. The molecule has 0 N–H and O–H groups in total. The summed E-state index contributed by atoms with van der Waals surface area (Å²) in [7, 11) is -3.19. The van der Waals surface area contributed by atoms with Gasteiger partial charge in [0.2, 0.25) is 0 Å². The molecule has 1 aliphatic carbocycles. The first-order chi connectivity index (χ1) is 8.45. The molecule has 18 heavy (non-hydrogen) atoms. The summed E-state index contributed by atoms with van der Waals surface area (Å²) in [4.78, 5) is 15.2. The topological polar surface area (TPSA) is 86.6 Å². The second kappa shape index (κ2) is 3.64. The molecule has 0 unspecified atom stereocenters. The number of rotatable bonds is 2. The summed E-state index contributed by atoms with van der Waals surface area (Å²) in [5.41, 5.74) is -0.457. The van der Waals surface area contributed by atoms with E-state index in [9.17, 15) is 18.3 Å². The first-order valence-corrected chi connectivity index (χ1v) is 8.09. The van der Waals surface area contributed by atoms with Crippen LogP contribution < -0.4 is 10.5 Å². The van der Waals surface area contributed by atoms with Gasteiger partial charge in [0.15, 0.2) is 9.84 Å². The minimum atomic E-state index is -3.19. The highest BCUT2D eigenvalue weighted by molar-refractivity contribution is 7.93. The zero-order chi connectivity index (χ0) is 13.0. The van der Waals surface area contributed by atoms with E-state index in [1.807, 2.05) is 0 Å². The van der Waals surface area contributed by atoms with Gasteiger partial charge in [0.25, 0.3) is 0 Å². The fraction of sp³-hybridized carbons (Fsp3) is 0.455. The largest absolute Gasteiger partial charge is 0.547 e. The highest BCUT2D eigenvalue weighted by Crippen LogP contribution is 2.39. The van der Waals surface area contributed by atoms with Crippen molar-refractivity contribution in [1.82, 2.24) is 0 Å². The lowest BCUT2D eigenvalue weighted by atomic mass is 10.2. The molecule has 1 saturated carbocycles. The van der Waals surface area contributed by atoms with Gasteiger partial charge in [0.1, 0.15) is 9.75 Å². The molecule has 1 aromatic heterocycles. The molecule has 0 saturated heterocycles. The van der Waals surface area contributed by atoms with Gasteiger partial charge in [-0.25, -0.2) is 8.42 Å². The molecule has 7 heteroatoms. The first-order valence-electron chi connectivity index (χ1n) is 5.55. The quantitative estimate of drug-likeness (QED) is 0.716. The average Bonchev–Trinajstić information content (AvgIpc) is 3.02. The molecule has 0 atom stereocenters. The third-order valence-electron chi connectivity index (χ3n) is 3.30. The fourth-order valence-electron chi connectivity index (χ4n) is 2.07. The van der Waals surface area contributed by atoms with Gasteiger partial charge >= 0.3 is 0 Å². The lowest BCUT2D eigenvalue weighted by Crippen LogP contribution is -2.37. The van der Waals surface area contributed by atoms with Crippen LogP contribution in [0.5, 0.6) is 0 Å². The molecule has 96 valence electrons. The maximum atomic E-state index is 11.8. The van der Waals surface area contributed by atoms with Crippen molar-refractivity contribution < 1.29 is 18.3 Å². The van der Waals surface area contributed by atoms with Crippen molar-refractivity contribution in [2.45, 2.75) is 29.0 Å². The maximum Gasteiger partial charge on any atom is 0.188 e. The van der Waals surface area contributed by atoms with Crippen molar-refractivity contribution >= 4 is 27.1 Å². The maximum absolute atomic E-state index is 11.8. The second-order valence-electron chi connectivity index (χ2n) is 4.57. The Morgan fingerprint density at radius 1 is 1.44 bits per heavy atom. The lowest BCUT2D eigenvalue weighted by Gasteiger charge is -2.10. The smallest absolute Gasteiger partial charge is 0.188 e. The van der Waals surface area contributed by atoms with E-state index in [1.54, 1.807) is 11.4 Å². The Balaban J connectivity index is 2.20. The summed E-state index contributed by atoms with van der Waals surface area (Å²) in [5, 5.41) is 13.1. The Bertz CT molecular complexity index is 698. The van der Waals surface area contributed by atoms with Gasteiger partial charge < -0.3 is 9.90 Å². The molecular weight excluding hydrogens is 274 g/mol. The number of fused-ring (bicyclic) bond motifs is 1. The van der Waals surface area contributed by atoms with E-state index in [-0.39, 0.29) is 5.75 Å². The molecule has 2 heterocycles. The first kappa shape index (κ1) is 11.9. The molecule has 0 spiro atoms. The van der Waals surface area contributed by atoms with Crippen LogP contribution in [0.3, 0.4) is 0 Å². The third-order valence-corrected chi connectivity index (χ3v) is 6.63. The van der Waals surface area contributed by atoms with Crippen molar-refractivity contribution in [2.75, 3.05) is 5.75 Å². The zero-order valence-corrected chi connectivity index (χ0v) is 11.0. The summed E-state index contributed by atoms with van der Waals surface area (Å²) < 4.78 is 23.9. The Kier molecular flexibility index (Phi) is 2.40. The molecule has 3 rings (SSSR count). The monoisotopic (exact) mass is 284 g/mol. The van der Waals surface area contributed by atoms with Gasteiger partial charge in [-0.2, -0.15) is 0 Å². The molecule has 0 aromatic carbocycles. The van der Waals surface area contributed by atoms with Crippen LogP contribution in [0.1, 0.15) is 18.4 Å². The van der Waals surface area contributed by atoms with E-state index in [2.05, 4.69) is 4.99 Å². The molecule has 1 aliphatic heterocycles. The number of hydrogen-bond acceptors (Lipinski definition) is 6. The predicted molar refractivity (Wildman–Crippen MR) is 62.6 cm³/mol. The number of carbonyl (C=O) groups excluding carboxylic acids is 1. The predicted octanol–water partition coefficient (Wildman–Crippen LogP) is -0.739. The van der Waals surface area contributed by atoms with Crippen LogP contribution >= 0.6 is 11.3 Å². The zero-order valence-electron chi connectivity index (χ0n) is 9.38. The standard InChI is InChI=1S/C11H11NO4S2/c13-10(14)11(3-4-11)12-8-1-5-17-9-7(8)2-6-18(9,15)16/h1,5H,2-4,6H2,(H,13,14)/p-1. The van der Waals surface area contributed by atoms with Crippen LogP contribution in [-0.4, -0.2) is 25.7 Å². The van der Waals surface area contributed by atoms with Crippen molar-refractivity contribution in [1.29, 1.82) is 0 Å². The van der Waals surface area contributed by atoms with Crippen molar-refractivity contribution in [2.24, 2.45) is 4.99 Å². The van der Waals surface area contributed by atoms with Crippen molar-refractivity contribution in [3.63, 3.8) is 0 Å². The molecule has 5 nitrogen and oxygen atoms in total. The SMILES string of the molecule is O=C([O-])C1(N=c2ccsc3c2CCS3(=O)=O)CC1. The van der Waals surface area contributed by atoms with Crippen LogP contribution in [-0.2, 0) is 21.1 Å². The van der Waals surface area contributed by atoms with Crippen molar-refractivity contribution in [3.05, 3.63) is 22.4 Å². The molecule has 0 radical (unpaired) electrons. The number of aliphatic carboxylic acids is 1. The van der Waals surface area contributed by atoms with Gasteiger partial charge in [-0.05, 0) is 30.7 Å². The van der Waals surface area contributed by atoms with E-state index in [4.69, 9.17) is 0 Å². The molecule has 2 aliphatic rings. The normalized spacial score (nSPS) is 23.7. The summed E-state index contributed by atoms with van der Waals surface area (Å²) in [6.45, 7) is 0. The Morgan fingerprint density at radius 2 is 2.17 bits per heavy atom. The van der Waals surface area contributed by atoms with Gasteiger partial charge in [-0.1, -0.05) is 0 Å². The molecule has 0 amide bonds. The van der Waals surface area contributed by atoms with E-state index in [0.717, 1.165) is 0 Å². The highest BCUT2D eigenvalue weighted by Gasteiger charge is 2.44. The number of sulfone groups is 1. The van der Waals surface area contributed by atoms with E-state index in [0.29, 0.717) is 34.4 Å². The van der Waals surface area contributed by atoms with Gasteiger partial charge in [-0.3, -0.25) is 4.99 Å². The van der Waals surface area contributed by atoms with Crippen LogP contribution in [0.2, 0.25) is 0 Å². The van der Waals surface area contributed by atoms with E-state index in [1.165, 1.54) is 11.3 Å². The molecule has 1 fully saturated rings. The lowest BCUT2D eigenvalue weighted by molar-refractivity contribution is -0.309. The van der Waals surface area contributed by atoms with Crippen LogP contribution in [0.25, 0.3) is 0 Å². The molecule has 1 aromatic rings. The number of nitrogens with zero attached hydrogens (tertiary/aromatic N) is 1. The van der Waals surface area contributed by atoms with Gasteiger partial charge in [0, 0.05) is 5.56 Å². The summed E-state index contributed by atoms with van der Waals surface area (Å²) >= 11 is 1.17. The number of carbonyl (C=O) groups is 1. The minimum Gasteiger partial charge on any atom is -0.547 e. The summed E-state index contributed by atoms with van der Waals surface area (Å²) in [6.07, 6.45) is 1.35. The minimum absolute atomic E-state index is 0.0870. The summed E-state index contributed by atoms with van der Waals surface area (Å²) in [5.74, 6) is -1.09. The highest BCUT2D eigenvalue weighted by atomic mass is 32.2. The van der Waals surface area contributed by atoms with Crippen LogP contribution in [0.15, 0.2) is 20.6 Å². The van der Waals surface area contributed by atoms with E-state index < -0.39 is 21.3 Å². The van der Waals surface area contributed by atoms with Crippen LogP contribution in [0.4, 0.5) is 0 Å². The number of carboxylic acid groups (broad SMARTS) is 1. The Labute approximate surface area is 108 Å². The van der Waals surface area contributed by atoms with Gasteiger partial charge in [0.05, 0.1) is 17.1 Å². The summed E-state index contributed by atoms with van der Waals surface area (Å²) in [6, 6.07) is 1.69.